The number of aliphatic hydroxyl groups excluding tert-OH is 1. The zero-order valence-electron chi connectivity index (χ0n) is 8.16. The molecule has 0 bridgehead atoms. The van der Waals surface area contributed by atoms with Crippen LogP contribution in [0.15, 0.2) is 0 Å². The molecule has 0 spiro atoms. The Morgan fingerprint density at radius 1 is 1.54 bits per heavy atom. The van der Waals surface area contributed by atoms with Gasteiger partial charge in [-0.05, 0) is 18.9 Å². The largest absolute Gasteiger partial charge is 0.388 e. The van der Waals surface area contributed by atoms with Crippen molar-refractivity contribution in [1.82, 2.24) is 5.32 Å². The van der Waals surface area contributed by atoms with Crippen molar-refractivity contribution in [3.05, 3.63) is 0 Å². The number of nitrogens with one attached hydrogen (secondary N) is 1. The molecule has 13 heavy (non-hydrogen) atoms. The maximum absolute atomic E-state index is 9.26. The minimum atomic E-state index is -0.487. The lowest BCUT2D eigenvalue weighted by Crippen LogP contribution is -2.23. The lowest BCUT2D eigenvalue weighted by atomic mass is 10.1. The van der Waals surface area contributed by atoms with Gasteiger partial charge in [-0.25, -0.2) is 0 Å². The summed E-state index contributed by atoms with van der Waals surface area (Å²) in [5, 5.41) is 12.5. The molecule has 2 atom stereocenters. The van der Waals surface area contributed by atoms with Gasteiger partial charge in [0.1, 0.15) is 6.10 Å². The summed E-state index contributed by atoms with van der Waals surface area (Å²) in [5.74, 6) is 0.620. The van der Waals surface area contributed by atoms with Crippen LogP contribution in [0.25, 0.3) is 0 Å². The number of rotatable bonds is 6. The summed E-state index contributed by atoms with van der Waals surface area (Å²) in [6, 6.07) is 0. The smallest absolute Gasteiger partial charge is 0.101 e. The number of hydrogen-bond acceptors (Lipinski definition) is 4. The molecule has 78 valence electrons. The van der Waals surface area contributed by atoms with E-state index in [2.05, 4.69) is 5.32 Å². The first-order valence-electron chi connectivity index (χ1n) is 4.78. The monoisotopic (exact) mass is 189 g/mol. The van der Waals surface area contributed by atoms with Gasteiger partial charge in [-0.15, -0.1) is 0 Å². The highest BCUT2D eigenvalue weighted by molar-refractivity contribution is 4.70. The van der Waals surface area contributed by atoms with Crippen molar-refractivity contribution >= 4 is 0 Å². The number of hydrogen-bond donors (Lipinski definition) is 2. The van der Waals surface area contributed by atoms with Gasteiger partial charge in [-0.2, -0.15) is 0 Å². The van der Waals surface area contributed by atoms with E-state index in [-0.39, 0.29) is 0 Å². The highest BCUT2D eigenvalue weighted by atomic mass is 16.5. The fourth-order valence-corrected chi connectivity index (χ4v) is 1.47. The molecule has 4 heteroatoms. The van der Waals surface area contributed by atoms with Crippen molar-refractivity contribution in [2.45, 2.75) is 12.5 Å². The van der Waals surface area contributed by atoms with Crippen molar-refractivity contribution in [3.8, 4) is 0 Å². The van der Waals surface area contributed by atoms with E-state index in [1.54, 1.807) is 7.11 Å². The Morgan fingerprint density at radius 2 is 2.38 bits per heavy atom. The van der Waals surface area contributed by atoms with Crippen LogP contribution in [0.3, 0.4) is 0 Å². The third-order valence-corrected chi connectivity index (χ3v) is 2.19. The van der Waals surface area contributed by atoms with E-state index in [1.807, 2.05) is 0 Å². The van der Waals surface area contributed by atoms with Crippen LogP contribution in [0, 0.1) is 5.92 Å². The topological polar surface area (TPSA) is 50.7 Å². The third-order valence-electron chi connectivity index (χ3n) is 2.19. The molecule has 2 N–H and O–H groups in total. The molecule has 0 aromatic heterocycles. The molecular formula is C9H19NO3. The van der Waals surface area contributed by atoms with Gasteiger partial charge in [0.2, 0.25) is 0 Å². The molecule has 0 radical (unpaired) electrons. The molecule has 0 aromatic carbocycles. The van der Waals surface area contributed by atoms with Crippen LogP contribution in [-0.2, 0) is 9.47 Å². The highest BCUT2D eigenvalue weighted by Gasteiger charge is 2.14. The summed E-state index contributed by atoms with van der Waals surface area (Å²) in [6.07, 6.45) is 0.694. The van der Waals surface area contributed by atoms with Gasteiger partial charge in [0.05, 0.1) is 19.8 Å². The van der Waals surface area contributed by atoms with Gasteiger partial charge in [0, 0.05) is 13.7 Å². The Balaban J connectivity index is 1.93. The van der Waals surface area contributed by atoms with E-state index >= 15 is 0 Å². The summed E-state index contributed by atoms with van der Waals surface area (Å²) in [5.41, 5.74) is 0. The first-order chi connectivity index (χ1) is 6.33. The molecule has 2 unspecified atom stereocenters. The number of ether oxygens (including phenoxy) is 2. The summed E-state index contributed by atoms with van der Waals surface area (Å²) in [4.78, 5) is 0. The molecule has 0 amide bonds. The Labute approximate surface area is 79.2 Å². The van der Waals surface area contributed by atoms with E-state index in [0.29, 0.717) is 19.1 Å². The number of methoxy groups -OCH3 is 1. The summed E-state index contributed by atoms with van der Waals surface area (Å²) >= 11 is 0. The first kappa shape index (κ1) is 10.9. The molecule has 0 aromatic rings. The van der Waals surface area contributed by atoms with Crippen LogP contribution in [-0.4, -0.2) is 51.2 Å². The van der Waals surface area contributed by atoms with E-state index in [4.69, 9.17) is 9.47 Å². The van der Waals surface area contributed by atoms with Crippen LogP contribution >= 0.6 is 0 Å². The zero-order valence-corrected chi connectivity index (χ0v) is 8.16. The van der Waals surface area contributed by atoms with Crippen molar-refractivity contribution < 1.29 is 14.6 Å². The van der Waals surface area contributed by atoms with Crippen molar-refractivity contribution in [2.24, 2.45) is 5.92 Å². The van der Waals surface area contributed by atoms with Crippen molar-refractivity contribution in [1.29, 1.82) is 0 Å². The second kappa shape index (κ2) is 6.32. The lowest BCUT2D eigenvalue weighted by molar-refractivity contribution is -0.0135. The minimum absolute atomic E-state index is 0.350. The standard InChI is InChI=1S/C9H19NO3/c1-12-6-9(11)7-13-5-8-2-3-10-4-8/h8-11H,2-7H2,1H3. The van der Waals surface area contributed by atoms with E-state index in [0.717, 1.165) is 19.7 Å². The molecule has 0 aliphatic carbocycles. The van der Waals surface area contributed by atoms with Gasteiger partial charge < -0.3 is 19.9 Å². The number of aliphatic hydroxyl groups is 1. The van der Waals surface area contributed by atoms with Crippen LogP contribution in [0.4, 0.5) is 0 Å². The predicted molar refractivity (Wildman–Crippen MR) is 49.7 cm³/mol. The quantitative estimate of drug-likeness (QED) is 0.598. The Kier molecular flexibility index (Phi) is 5.31. The van der Waals surface area contributed by atoms with Crippen molar-refractivity contribution in [2.75, 3.05) is 40.0 Å². The molecule has 1 fully saturated rings. The van der Waals surface area contributed by atoms with E-state index in [1.165, 1.54) is 6.42 Å². The Hall–Kier alpha value is -0.160. The predicted octanol–water partition coefficient (Wildman–Crippen LogP) is -0.380. The third kappa shape index (κ3) is 4.57. The van der Waals surface area contributed by atoms with Gasteiger partial charge in [0.25, 0.3) is 0 Å². The maximum atomic E-state index is 9.26. The Bertz CT molecular complexity index is 126. The van der Waals surface area contributed by atoms with Crippen molar-refractivity contribution in [3.63, 3.8) is 0 Å². The van der Waals surface area contributed by atoms with Gasteiger partial charge in [-0.1, -0.05) is 0 Å². The second-order valence-electron chi connectivity index (χ2n) is 3.51. The fourth-order valence-electron chi connectivity index (χ4n) is 1.47. The van der Waals surface area contributed by atoms with Gasteiger partial charge in [0.15, 0.2) is 0 Å². The normalized spacial score (nSPS) is 24.9. The Morgan fingerprint density at radius 3 is 3.00 bits per heavy atom. The van der Waals surface area contributed by atoms with Gasteiger partial charge in [-0.3, -0.25) is 0 Å². The fraction of sp³-hybridized carbons (Fsp3) is 1.00. The average molecular weight is 189 g/mol. The summed E-state index contributed by atoms with van der Waals surface area (Å²) < 4.78 is 10.1. The van der Waals surface area contributed by atoms with E-state index in [9.17, 15) is 5.11 Å². The summed E-state index contributed by atoms with van der Waals surface area (Å²) in [7, 11) is 1.57. The van der Waals surface area contributed by atoms with Crippen LogP contribution in [0.2, 0.25) is 0 Å². The van der Waals surface area contributed by atoms with E-state index < -0.39 is 6.10 Å². The second-order valence-corrected chi connectivity index (χ2v) is 3.51. The molecule has 1 saturated heterocycles. The highest BCUT2D eigenvalue weighted by Crippen LogP contribution is 2.07. The zero-order chi connectivity index (χ0) is 9.52. The SMILES string of the molecule is COCC(O)COCC1CCNC1. The molecule has 1 heterocycles. The van der Waals surface area contributed by atoms with Crippen LogP contribution in [0.1, 0.15) is 6.42 Å². The van der Waals surface area contributed by atoms with Crippen LogP contribution < -0.4 is 5.32 Å². The van der Waals surface area contributed by atoms with Gasteiger partial charge >= 0.3 is 0 Å². The lowest BCUT2D eigenvalue weighted by Gasteiger charge is -2.12. The molecule has 0 saturated carbocycles. The molecule has 4 nitrogen and oxygen atoms in total. The first-order valence-corrected chi connectivity index (χ1v) is 4.78. The van der Waals surface area contributed by atoms with Crippen LogP contribution in [0.5, 0.6) is 0 Å². The molecule has 1 rings (SSSR count). The summed E-state index contributed by atoms with van der Waals surface area (Å²) in [6.45, 7) is 3.61. The minimum Gasteiger partial charge on any atom is -0.388 e. The molecule has 1 aliphatic heterocycles. The maximum Gasteiger partial charge on any atom is 0.101 e. The molecule has 1 aliphatic rings. The molecular weight excluding hydrogens is 170 g/mol. The average Bonchev–Trinajstić information content (AvgIpc) is 2.57.